The van der Waals surface area contributed by atoms with Gasteiger partial charge in [-0.15, -0.1) is 0 Å². The number of esters is 1. The van der Waals surface area contributed by atoms with E-state index in [0.29, 0.717) is 5.56 Å². The first-order chi connectivity index (χ1) is 14.1. The Hall–Kier alpha value is -3.48. The van der Waals surface area contributed by atoms with Crippen molar-refractivity contribution < 1.29 is 14.3 Å². The van der Waals surface area contributed by atoms with Crippen molar-refractivity contribution in [2.24, 2.45) is 0 Å². The molecule has 0 aliphatic heterocycles. The third kappa shape index (κ3) is 3.83. The summed E-state index contributed by atoms with van der Waals surface area (Å²) < 4.78 is 8.94. The fourth-order valence-corrected chi connectivity index (χ4v) is 3.55. The molecule has 3 aromatic heterocycles. The molecule has 4 rings (SSSR count). The monoisotopic (exact) mass is 404 g/mol. The molecular formula is C23H24N4O3. The Morgan fingerprint density at radius 1 is 1.10 bits per heavy atom. The number of rotatable bonds is 4. The Kier molecular flexibility index (Phi) is 4.68. The van der Waals surface area contributed by atoms with Gasteiger partial charge in [0, 0.05) is 46.7 Å². The summed E-state index contributed by atoms with van der Waals surface area (Å²) in [5, 5.41) is 5.21. The molecule has 0 unspecified atom stereocenters. The highest BCUT2D eigenvalue weighted by atomic mass is 16.6. The quantitative estimate of drug-likeness (QED) is 0.376. The molecule has 30 heavy (non-hydrogen) atoms. The van der Waals surface area contributed by atoms with Gasteiger partial charge in [0.1, 0.15) is 12.1 Å². The summed E-state index contributed by atoms with van der Waals surface area (Å²) in [4.78, 5) is 29.0. The van der Waals surface area contributed by atoms with Gasteiger partial charge in [-0.1, -0.05) is 6.07 Å². The smallest absolute Gasteiger partial charge is 0.326 e. The van der Waals surface area contributed by atoms with Crippen molar-refractivity contribution >= 4 is 28.3 Å². The molecule has 3 heterocycles. The number of benzene rings is 1. The van der Waals surface area contributed by atoms with Crippen LogP contribution >= 0.6 is 0 Å². The minimum absolute atomic E-state index is 0.0421. The van der Waals surface area contributed by atoms with Crippen LogP contribution in [-0.4, -0.2) is 36.5 Å². The van der Waals surface area contributed by atoms with Gasteiger partial charge in [0.2, 0.25) is 0 Å². The van der Waals surface area contributed by atoms with Crippen LogP contribution in [0.4, 0.5) is 0 Å². The standard InChI is InChI=1S/C23H24N4O3/c1-14-8-21-24-10-17(11-27(21)25-14)16-6-7-20-18(9-16)19(15(2)28)12-26(20)13-22(29)30-23(3,4)5/h6-12H,13H2,1-5H3. The van der Waals surface area contributed by atoms with E-state index in [9.17, 15) is 9.59 Å². The molecule has 0 atom stereocenters. The largest absolute Gasteiger partial charge is 0.459 e. The molecule has 0 saturated carbocycles. The van der Waals surface area contributed by atoms with Gasteiger partial charge in [0.05, 0.1) is 5.69 Å². The Bertz CT molecular complexity index is 1290. The lowest BCUT2D eigenvalue weighted by atomic mass is 10.0. The van der Waals surface area contributed by atoms with E-state index in [1.54, 1.807) is 21.5 Å². The highest BCUT2D eigenvalue weighted by Gasteiger charge is 2.19. The number of hydrogen-bond acceptors (Lipinski definition) is 5. The molecule has 7 nitrogen and oxygen atoms in total. The van der Waals surface area contributed by atoms with Crippen LogP contribution in [0.2, 0.25) is 0 Å². The summed E-state index contributed by atoms with van der Waals surface area (Å²) in [6, 6.07) is 7.74. The summed E-state index contributed by atoms with van der Waals surface area (Å²) in [5.41, 5.74) is 4.30. The van der Waals surface area contributed by atoms with Crippen LogP contribution in [0.15, 0.2) is 42.9 Å². The van der Waals surface area contributed by atoms with Gasteiger partial charge >= 0.3 is 5.97 Å². The molecular weight excluding hydrogens is 380 g/mol. The molecule has 0 N–H and O–H groups in total. The second-order valence-corrected chi connectivity index (χ2v) is 8.48. The maximum absolute atomic E-state index is 12.3. The molecule has 7 heteroatoms. The highest BCUT2D eigenvalue weighted by molar-refractivity contribution is 6.08. The van der Waals surface area contributed by atoms with Crippen LogP contribution in [0.1, 0.15) is 43.7 Å². The van der Waals surface area contributed by atoms with Crippen molar-refractivity contribution in [3.63, 3.8) is 0 Å². The lowest BCUT2D eigenvalue weighted by Crippen LogP contribution is -2.26. The second-order valence-electron chi connectivity index (χ2n) is 8.48. The maximum Gasteiger partial charge on any atom is 0.326 e. The van der Waals surface area contributed by atoms with Gasteiger partial charge < -0.3 is 9.30 Å². The Morgan fingerprint density at radius 2 is 1.87 bits per heavy atom. The normalized spacial score (nSPS) is 11.9. The lowest BCUT2D eigenvalue weighted by Gasteiger charge is -2.19. The third-order valence-corrected chi connectivity index (χ3v) is 4.75. The van der Waals surface area contributed by atoms with Gasteiger partial charge in [-0.25, -0.2) is 9.50 Å². The van der Waals surface area contributed by atoms with E-state index in [1.807, 2.05) is 58.2 Å². The molecule has 0 radical (unpaired) electrons. The third-order valence-electron chi connectivity index (χ3n) is 4.75. The van der Waals surface area contributed by atoms with Gasteiger partial charge in [0.15, 0.2) is 11.4 Å². The van der Waals surface area contributed by atoms with Crippen molar-refractivity contribution in [3.8, 4) is 11.1 Å². The van der Waals surface area contributed by atoms with Crippen molar-refractivity contribution in [2.45, 2.75) is 46.8 Å². The molecule has 0 saturated heterocycles. The average Bonchev–Trinajstić information content (AvgIpc) is 3.18. The Morgan fingerprint density at radius 3 is 2.57 bits per heavy atom. The van der Waals surface area contributed by atoms with E-state index in [-0.39, 0.29) is 18.3 Å². The van der Waals surface area contributed by atoms with Crippen LogP contribution < -0.4 is 0 Å². The summed E-state index contributed by atoms with van der Waals surface area (Å²) in [5.74, 6) is -0.404. The van der Waals surface area contributed by atoms with Crippen LogP contribution in [-0.2, 0) is 16.1 Å². The maximum atomic E-state index is 12.3. The molecule has 4 aromatic rings. The van der Waals surface area contributed by atoms with Crippen LogP contribution in [0.25, 0.3) is 27.7 Å². The lowest BCUT2D eigenvalue weighted by molar-refractivity contribution is -0.155. The fraction of sp³-hybridized carbons (Fsp3) is 0.304. The first-order valence-electron chi connectivity index (χ1n) is 9.79. The molecule has 0 spiro atoms. The number of Topliss-reactive ketones (excluding diaryl/α,β-unsaturated/α-hetero) is 1. The molecule has 154 valence electrons. The van der Waals surface area contributed by atoms with Crippen molar-refractivity contribution in [1.29, 1.82) is 0 Å². The van der Waals surface area contributed by atoms with Gasteiger partial charge in [-0.05, 0) is 52.3 Å². The predicted molar refractivity (Wildman–Crippen MR) is 115 cm³/mol. The number of nitrogens with zero attached hydrogens (tertiary/aromatic N) is 4. The average molecular weight is 404 g/mol. The zero-order valence-electron chi connectivity index (χ0n) is 17.8. The Balaban J connectivity index is 1.76. The zero-order valence-corrected chi connectivity index (χ0v) is 17.8. The molecule has 0 amide bonds. The van der Waals surface area contributed by atoms with Crippen LogP contribution in [0, 0.1) is 6.92 Å². The van der Waals surface area contributed by atoms with Crippen molar-refractivity contribution in [2.75, 3.05) is 0 Å². The Labute approximate surface area is 174 Å². The molecule has 1 aromatic carbocycles. The highest BCUT2D eigenvalue weighted by Crippen LogP contribution is 2.28. The molecule has 0 fully saturated rings. The number of carbonyl (C=O) groups excluding carboxylic acids is 2. The number of aryl methyl sites for hydroxylation is 1. The van der Waals surface area contributed by atoms with E-state index < -0.39 is 5.60 Å². The summed E-state index contributed by atoms with van der Waals surface area (Å²) >= 11 is 0. The SMILES string of the molecule is CC(=O)c1cn(CC(=O)OC(C)(C)C)c2ccc(-c3cnc4cc(C)nn4c3)cc12. The minimum Gasteiger partial charge on any atom is -0.459 e. The fourth-order valence-electron chi connectivity index (χ4n) is 3.55. The zero-order chi connectivity index (χ0) is 21.6. The van der Waals surface area contributed by atoms with E-state index >= 15 is 0 Å². The summed E-state index contributed by atoms with van der Waals surface area (Å²) in [6.07, 6.45) is 5.43. The summed E-state index contributed by atoms with van der Waals surface area (Å²) in [7, 11) is 0. The first-order valence-corrected chi connectivity index (χ1v) is 9.79. The van der Waals surface area contributed by atoms with Gasteiger partial charge in [0.25, 0.3) is 0 Å². The number of aromatic nitrogens is 4. The molecule has 0 aliphatic rings. The topological polar surface area (TPSA) is 78.5 Å². The van der Waals surface area contributed by atoms with E-state index in [0.717, 1.165) is 33.4 Å². The van der Waals surface area contributed by atoms with E-state index in [1.165, 1.54) is 6.92 Å². The van der Waals surface area contributed by atoms with Crippen molar-refractivity contribution in [3.05, 3.63) is 54.1 Å². The number of hydrogen-bond donors (Lipinski definition) is 0. The number of ether oxygens (including phenoxy) is 1. The summed E-state index contributed by atoms with van der Waals surface area (Å²) in [6.45, 7) is 8.99. The van der Waals surface area contributed by atoms with Crippen molar-refractivity contribution in [1.82, 2.24) is 19.2 Å². The van der Waals surface area contributed by atoms with E-state index in [4.69, 9.17) is 4.74 Å². The number of carbonyl (C=O) groups is 2. The molecule has 0 bridgehead atoms. The van der Waals surface area contributed by atoms with Crippen LogP contribution in [0.3, 0.4) is 0 Å². The first kappa shape index (κ1) is 19.8. The van der Waals surface area contributed by atoms with Gasteiger partial charge in [-0.2, -0.15) is 5.10 Å². The number of ketones is 1. The number of fused-ring (bicyclic) bond motifs is 2. The minimum atomic E-state index is -0.562. The van der Waals surface area contributed by atoms with E-state index in [2.05, 4.69) is 10.1 Å². The molecule has 0 aliphatic carbocycles. The predicted octanol–water partition coefficient (Wildman–Crippen LogP) is 4.20. The van der Waals surface area contributed by atoms with Gasteiger partial charge in [-0.3, -0.25) is 9.59 Å². The second kappa shape index (κ2) is 7.09. The van der Waals surface area contributed by atoms with Crippen LogP contribution in [0.5, 0.6) is 0 Å².